The SMILES string of the molecule is Cc1csc(NC(=O)c2ccc(S(=O)(=O)N(C)CC(=O)N3CCOCC3)o2)n1. The first kappa shape index (κ1) is 20.5. The first-order valence-corrected chi connectivity index (χ1v) is 10.7. The first-order valence-electron chi connectivity index (χ1n) is 8.42. The highest BCUT2D eigenvalue weighted by atomic mass is 32.2. The van der Waals surface area contributed by atoms with E-state index in [4.69, 9.17) is 9.15 Å². The van der Waals surface area contributed by atoms with E-state index in [2.05, 4.69) is 10.3 Å². The molecule has 0 bridgehead atoms. The smallest absolute Gasteiger partial charge is 0.293 e. The Balaban J connectivity index is 1.66. The minimum Gasteiger partial charge on any atom is -0.438 e. The number of morpholine rings is 1. The summed E-state index contributed by atoms with van der Waals surface area (Å²) < 4.78 is 36.6. The number of amides is 2. The zero-order chi connectivity index (χ0) is 20.3. The number of nitrogens with zero attached hydrogens (tertiary/aromatic N) is 3. The van der Waals surface area contributed by atoms with Gasteiger partial charge in [0.1, 0.15) is 0 Å². The average Bonchev–Trinajstić information content (AvgIpc) is 3.32. The van der Waals surface area contributed by atoms with Crippen molar-refractivity contribution in [2.45, 2.75) is 12.0 Å². The molecule has 0 spiro atoms. The quantitative estimate of drug-likeness (QED) is 0.721. The van der Waals surface area contributed by atoms with Crippen molar-refractivity contribution in [3.8, 4) is 0 Å². The molecular formula is C16H20N4O6S2. The third kappa shape index (κ3) is 4.58. The second-order valence-corrected chi connectivity index (χ2v) is 8.96. The molecule has 2 aromatic rings. The second kappa shape index (κ2) is 8.39. The Labute approximate surface area is 166 Å². The van der Waals surface area contributed by atoms with Gasteiger partial charge in [-0.1, -0.05) is 0 Å². The highest BCUT2D eigenvalue weighted by Crippen LogP contribution is 2.20. The minimum atomic E-state index is -4.06. The van der Waals surface area contributed by atoms with E-state index >= 15 is 0 Å². The summed E-state index contributed by atoms with van der Waals surface area (Å²) >= 11 is 1.25. The lowest BCUT2D eigenvalue weighted by Crippen LogP contribution is -2.46. The van der Waals surface area contributed by atoms with Gasteiger partial charge < -0.3 is 14.1 Å². The predicted octanol–water partition coefficient (Wildman–Crippen LogP) is 0.776. The van der Waals surface area contributed by atoms with Crippen LogP contribution in [0.2, 0.25) is 0 Å². The van der Waals surface area contributed by atoms with Crippen LogP contribution in [0.1, 0.15) is 16.2 Å². The third-order valence-corrected chi connectivity index (χ3v) is 6.58. The van der Waals surface area contributed by atoms with Gasteiger partial charge >= 0.3 is 0 Å². The van der Waals surface area contributed by atoms with Gasteiger partial charge in [-0.15, -0.1) is 11.3 Å². The monoisotopic (exact) mass is 428 g/mol. The number of thiazole rings is 1. The third-order valence-electron chi connectivity index (χ3n) is 4.03. The van der Waals surface area contributed by atoms with Crippen molar-refractivity contribution in [3.63, 3.8) is 0 Å². The van der Waals surface area contributed by atoms with Crippen LogP contribution < -0.4 is 5.32 Å². The molecule has 0 atom stereocenters. The summed E-state index contributed by atoms with van der Waals surface area (Å²) in [5.74, 6) is -1.10. The van der Waals surface area contributed by atoms with Gasteiger partial charge in [0.05, 0.1) is 25.5 Å². The Bertz CT molecular complexity index is 961. The Morgan fingerprint density at radius 1 is 1.32 bits per heavy atom. The van der Waals surface area contributed by atoms with Gasteiger partial charge in [0.15, 0.2) is 10.9 Å². The summed E-state index contributed by atoms with van der Waals surface area (Å²) in [4.78, 5) is 30.1. The molecule has 28 heavy (non-hydrogen) atoms. The molecule has 0 radical (unpaired) electrons. The number of carbonyl (C=O) groups is 2. The van der Waals surface area contributed by atoms with E-state index in [1.807, 2.05) is 0 Å². The highest BCUT2D eigenvalue weighted by Gasteiger charge is 2.29. The maximum atomic E-state index is 12.6. The summed E-state index contributed by atoms with van der Waals surface area (Å²) in [7, 11) is -2.77. The van der Waals surface area contributed by atoms with Gasteiger partial charge in [-0.25, -0.2) is 13.4 Å². The predicted molar refractivity (Wildman–Crippen MR) is 101 cm³/mol. The van der Waals surface area contributed by atoms with E-state index in [1.165, 1.54) is 30.5 Å². The van der Waals surface area contributed by atoms with Crippen LogP contribution in [0.25, 0.3) is 0 Å². The standard InChI is InChI=1S/C16H20N4O6S2/c1-11-10-27-16(17-11)18-15(22)12-3-4-14(26-12)28(23,24)19(2)9-13(21)20-5-7-25-8-6-20/h3-4,10H,5-9H2,1-2H3,(H,17,18,22). The summed E-state index contributed by atoms with van der Waals surface area (Å²) in [5, 5.41) is 4.29. The molecule has 10 nitrogen and oxygen atoms in total. The molecule has 2 amide bonds. The lowest BCUT2D eigenvalue weighted by Gasteiger charge is -2.28. The van der Waals surface area contributed by atoms with Crippen molar-refractivity contribution in [2.75, 3.05) is 45.2 Å². The number of anilines is 1. The molecule has 0 unspecified atom stereocenters. The first-order chi connectivity index (χ1) is 13.3. The number of hydrogen-bond acceptors (Lipinski definition) is 8. The van der Waals surface area contributed by atoms with E-state index in [1.54, 1.807) is 17.2 Å². The number of nitrogens with one attached hydrogen (secondary N) is 1. The molecule has 1 fully saturated rings. The topological polar surface area (TPSA) is 122 Å². The van der Waals surface area contributed by atoms with E-state index in [-0.39, 0.29) is 18.2 Å². The Hall–Kier alpha value is -2.28. The fourth-order valence-electron chi connectivity index (χ4n) is 2.49. The van der Waals surface area contributed by atoms with Crippen LogP contribution in [0.4, 0.5) is 5.13 Å². The molecule has 0 aliphatic carbocycles. The molecule has 1 saturated heterocycles. The zero-order valence-corrected chi connectivity index (χ0v) is 17.0. The van der Waals surface area contributed by atoms with Gasteiger partial charge in [-0.3, -0.25) is 14.9 Å². The highest BCUT2D eigenvalue weighted by molar-refractivity contribution is 7.89. The van der Waals surface area contributed by atoms with Gasteiger partial charge in [0, 0.05) is 25.5 Å². The van der Waals surface area contributed by atoms with Crippen molar-refractivity contribution in [3.05, 3.63) is 29.0 Å². The maximum Gasteiger partial charge on any atom is 0.293 e. The van der Waals surface area contributed by atoms with Crippen LogP contribution in [0.5, 0.6) is 0 Å². The Kier molecular flexibility index (Phi) is 6.13. The maximum absolute atomic E-state index is 12.6. The van der Waals surface area contributed by atoms with Gasteiger partial charge in [-0.2, -0.15) is 4.31 Å². The molecule has 12 heteroatoms. The summed E-state index contributed by atoms with van der Waals surface area (Å²) in [6.07, 6.45) is 0. The van der Waals surface area contributed by atoms with E-state index in [0.717, 1.165) is 10.00 Å². The van der Waals surface area contributed by atoms with E-state index < -0.39 is 21.0 Å². The number of rotatable bonds is 6. The normalized spacial score (nSPS) is 15.0. The lowest BCUT2D eigenvalue weighted by molar-refractivity contribution is -0.135. The summed E-state index contributed by atoms with van der Waals surface area (Å²) in [6.45, 7) is 3.16. The van der Waals surface area contributed by atoms with Crippen molar-refractivity contribution < 1.29 is 27.2 Å². The number of aryl methyl sites for hydroxylation is 1. The van der Waals surface area contributed by atoms with Crippen LogP contribution in [-0.4, -0.2) is 74.3 Å². The van der Waals surface area contributed by atoms with Crippen molar-refractivity contribution in [2.24, 2.45) is 0 Å². The van der Waals surface area contributed by atoms with Gasteiger partial charge in [-0.05, 0) is 19.1 Å². The van der Waals surface area contributed by atoms with Gasteiger partial charge in [0.2, 0.25) is 11.0 Å². The molecule has 0 aromatic carbocycles. The molecule has 2 aromatic heterocycles. The fourth-order valence-corrected chi connectivity index (χ4v) is 4.20. The fraction of sp³-hybridized carbons (Fsp3) is 0.438. The summed E-state index contributed by atoms with van der Waals surface area (Å²) in [5.41, 5.74) is 0.759. The second-order valence-electron chi connectivity index (χ2n) is 6.12. The van der Waals surface area contributed by atoms with Crippen LogP contribution in [0.3, 0.4) is 0 Å². The Morgan fingerprint density at radius 3 is 2.68 bits per heavy atom. The number of ether oxygens (including phenoxy) is 1. The minimum absolute atomic E-state index is 0.167. The van der Waals surface area contributed by atoms with Crippen molar-refractivity contribution >= 4 is 38.3 Å². The van der Waals surface area contributed by atoms with Crippen LogP contribution >= 0.6 is 11.3 Å². The summed E-state index contributed by atoms with van der Waals surface area (Å²) in [6, 6.07) is 2.45. The number of sulfonamides is 1. The van der Waals surface area contributed by atoms with E-state index in [0.29, 0.717) is 31.4 Å². The molecule has 3 rings (SSSR count). The lowest BCUT2D eigenvalue weighted by atomic mass is 10.4. The van der Waals surface area contributed by atoms with Gasteiger partial charge in [0.25, 0.3) is 15.9 Å². The molecule has 1 aliphatic rings. The number of carbonyl (C=O) groups excluding carboxylic acids is 2. The number of likely N-dealkylation sites (N-methyl/N-ethyl adjacent to an activating group) is 1. The van der Waals surface area contributed by atoms with Crippen molar-refractivity contribution in [1.82, 2.24) is 14.2 Å². The molecule has 1 N–H and O–H groups in total. The van der Waals surface area contributed by atoms with Crippen molar-refractivity contribution in [1.29, 1.82) is 0 Å². The van der Waals surface area contributed by atoms with Crippen LogP contribution in [-0.2, 0) is 19.6 Å². The Morgan fingerprint density at radius 2 is 2.04 bits per heavy atom. The molecule has 152 valence electrons. The molecular weight excluding hydrogens is 408 g/mol. The largest absolute Gasteiger partial charge is 0.438 e. The molecule has 0 saturated carbocycles. The zero-order valence-electron chi connectivity index (χ0n) is 15.4. The molecule has 3 heterocycles. The van der Waals surface area contributed by atoms with E-state index in [9.17, 15) is 18.0 Å². The number of aromatic nitrogens is 1. The van der Waals surface area contributed by atoms with Crippen LogP contribution in [0.15, 0.2) is 27.0 Å². The number of furan rings is 1. The number of hydrogen-bond donors (Lipinski definition) is 1. The molecule has 1 aliphatic heterocycles. The van der Waals surface area contributed by atoms with Crippen LogP contribution in [0, 0.1) is 6.92 Å². The average molecular weight is 428 g/mol.